The third kappa shape index (κ3) is 5.58. The van der Waals surface area contributed by atoms with E-state index in [0.29, 0.717) is 4.90 Å². The Morgan fingerprint density at radius 2 is 2.05 bits per heavy atom. The van der Waals surface area contributed by atoms with Crippen LogP contribution in [0.2, 0.25) is 0 Å². The van der Waals surface area contributed by atoms with Crippen LogP contribution in [0.1, 0.15) is 12.8 Å². The molecule has 1 saturated heterocycles. The predicted molar refractivity (Wildman–Crippen MR) is 62.0 cm³/mol. The number of carboxylic acids is 1. The Balaban J connectivity index is 2.40. The average Bonchev–Trinajstić information content (AvgIpc) is 2.68. The van der Waals surface area contributed by atoms with Crippen LogP contribution < -0.4 is 5.32 Å². The first-order valence-corrected chi connectivity index (χ1v) is 6.13. The lowest BCUT2D eigenvalue weighted by Crippen LogP contribution is -2.38. The van der Waals surface area contributed by atoms with Gasteiger partial charge in [0.05, 0.1) is 5.92 Å². The molecule has 1 aliphatic rings. The number of hydrogen-bond donors (Lipinski definition) is 3. The van der Waals surface area contributed by atoms with Crippen molar-refractivity contribution in [3.05, 3.63) is 0 Å². The molecule has 2 atom stereocenters. The maximum atomic E-state index is 12.2. The van der Waals surface area contributed by atoms with Crippen molar-refractivity contribution in [2.75, 3.05) is 19.6 Å². The fraction of sp³-hybridized carbons (Fsp3) is 0.727. The maximum absolute atomic E-state index is 12.2. The Bertz CT molecular complexity index is 427. The van der Waals surface area contributed by atoms with Gasteiger partial charge in [0.1, 0.15) is 6.54 Å². The van der Waals surface area contributed by atoms with Gasteiger partial charge >= 0.3 is 12.1 Å². The molecule has 1 heterocycles. The lowest BCUT2D eigenvalue weighted by molar-refractivity contribution is -0.157. The number of nitrogens with one attached hydrogen (secondary N) is 1. The number of rotatable bonds is 6. The molecule has 0 radical (unpaired) electrons. The van der Waals surface area contributed by atoms with Crippen molar-refractivity contribution in [2.45, 2.75) is 25.1 Å². The predicted octanol–water partition coefficient (Wildman–Crippen LogP) is -0.651. The molecule has 0 spiro atoms. The van der Waals surface area contributed by atoms with E-state index in [1.54, 1.807) is 0 Å². The number of carbonyl (C=O) groups is 3. The summed E-state index contributed by atoms with van der Waals surface area (Å²) in [6, 6.07) is 0. The van der Waals surface area contributed by atoms with Gasteiger partial charge in [-0.2, -0.15) is 13.2 Å². The fourth-order valence-corrected chi connectivity index (χ4v) is 1.92. The van der Waals surface area contributed by atoms with Crippen molar-refractivity contribution in [1.82, 2.24) is 10.2 Å². The van der Waals surface area contributed by atoms with Crippen LogP contribution in [-0.2, 0) is 14.4 Å². The molecule has 21 heavy (non-hydrogen) atoms. The molecule has 2 amide bonds. The highest BCUT2D eigenvalue weighted by Crippen LogP contribution is 2.23. The van der Waals surface area contributed by atoms with Gasteiger partial charge in [-0.1, -0.05) is 0 Å². The van der Waals surface area contributed by atoms with Crippen molar-refractivity contribution in [1.29, 1.82) is 0 Å². The van der Waals surface area contributed by atoms with Crippen molar-refractivity contribution < 1.29 is 37.8 Å². The Kier molecular flexibility index (Phi) is 5.53. The highest BCUT2D eigenvalue weighted by atomic mass is 19.4. The minimum atomic E-state index is -4.52. The molecule has 10 heteroatoms. The molecule has 1 fully saturated rings. The molecule has 3 N–H and O–H groups in total. The number of carboxylic acid groups (broad SMARTS) is 1. The van der Waals surface area contributed by atoms with Crippen LogP contribution in [0.5, 0.6) is 0 Å². The third-order valence-corrected chi connectivity index (χ3v) is 2.96. The number of hydrogen-bond acceptors (Lipinski definition) is 4. The Labute approximate surface area is 117 Å². The van der Waals surface area contributed by atoms with Gasteiger partial charge in [0.2, 0.25) is 11.8 Å². The van der Waals surface area contributed by atoms with Gasteiger partial charge in [-0.25, -0.2) is 4.79 Å². The minimum absolute atomic E-state index is 0.143. The molecule has 0 aromatic carbocycles. The number of halogens is 3. The largest absolute Gasteiger partial charge is 0.479 e. The van der Waals surface area contributed by atoms with E-state index >= 15 is 0 Å². The van der Waals surface area contributed by atoms with E-state index in [1.165, 1.54) is 0 Å². The zero-order valence-electron chi connectivity index (χ0n) is 10.9. The van der Waals surface area contributed by atoms with Crippen LogP contribution in [0.4, 0.5) is 13.2 Å². The van der Waals surface area contributed by atoms with Gasteiger partial charge in [-0.15, -0.1) is 0 Å². The molecule has 120 valence electrons. The van der Waals surface area contributed by atoms with Gasteiger partial charge in [0.25, 0.3) is 0 Å². The molecule has 0 bridgehead atoms. The van der Waals surface area contributed by atoms with E-state index in [0.717, 1.165) is 0 Å². The first kappa shape index (κ1) is 17.2. The Morgan fingerprint density at radius 3 is 2.57 bits per heavy atom. The fourth-order valence-electron chi connectivity index (χ4n) is 1.92. The molecule has 1 rings (SSSR count). The molecule has 1 aliphatic heterocycles. The van der Waals surface area contributed by atoms with E-state index in [9.17, 15) is 27.6 Å². The smallest absolute Gasteiger partial charge is 0.406 e. The zero-order chi connectivity index (χ0) is 16.2. The summed E-state index contributed by atoms with van der Waals surface area (Å²) < 4.78 is 36.6. The molecule has 0 aromatic rings. The average molecular weight is 312 g/mol. The second-order valence-electron chi connectivity index (χ2n) is 4.72. The third-order valence-electron chi connectivity index (χ3n) is 2.96. The Morgan fingerprint density at radius 1 is 1.43 bits per heavy atom. The first-order chi connectivity index (χ1) is 9.60. The van der Waals surface area contributed by atoms with Crippen LogP contribution in [0.15, 0.2) is 0 Å². The van der Waals surface area contributed by atoms with Crippen LogP contribution in [0.25, 0.3) is 0 Å². The maximum Gasteiger partial charge on any atom is 0.406 e. The zero-order valence-corrected chi connectivity index (χ0v) is 10.9. The topological polar surface area (TPSA) is 107 Å². The molecule has 7 nitrogen and oxygen atoms in total. The highest BCUT2D eigenvalue weighted by molar-refractivity contribution is 5.89. The number of carbonyl (C=O) groups excluding carboxylic acids is 2. The molecular formula is C11H15F3N2O5. The normalized spacial score (nSPS) is 20.5. The second-order valence-corrected chi connectivity index (χ2v) is 4.72. The van der Waals surface area contributed by atoms with Crippen LogP contribution in [0, 0.1) is 5.92 Å². The minimum Gasteiger partial charge on any atom is -0.479 e. The van der Waals surface area contributed by atoms with Crippen molar-refractivity contribution in [2.24, 2.45) is 5.92 Å². The summed E-state index contributed by atoms with van der Waals surface area (Å²) in [5.74, 6) is -3.72. The van der Waals surface area contributed by atoms with E-state index in [2.05, 4.69) is 5.32 Å². The molecule has 2 unspecified atom stereocenters. The number of aliphatic hydroxyl groups is 1. The number of nitrogens with zero attached hydrogens (tertiary/aromatic N) is 1. The summed E-state index contributed by atoms with van der Waals surface area (Å²) in [6.07, 6.45) is -6.69. The number of aliphatic carboxylic acids is 1. The van der Waals surface area contributed by atoms with Gasteiger partial charge < -0.3 is 20.4 Å². The van der Waals surface area contributed by atoms with E-state index in [4.69, 9.17) is 10.2 Å². The van der Waals surface area contributed by atoms with Gasteiger partial charge in [-0.05, 0) is 0 Å². The van der Waals surface area contributed by atoms with Crippen molar-refractivity contribution >= 4 is 17.8 Å². The number of amides is 2. The van der Waals surface area contributed by atoms with Crippen LogP contribution >= 0.6 is 0 Å². The van der Waals surface area contributed by atoms with Crippen LogP contribution in [-0.4, -0.2) is 64.8 Å². The lowest BCUT2D eigenvalue weighted by atomic mass is 10.1. The summed E-state index contributed by atoms with van der Waals surface area (Å²) in [4.78, 5) is 33.9. The number of aliphatic hydroxyl groups excluding tert-OH is 1. The van der Waals surface area contributed by atoms with Gasteiger partial charge in [-0.3, -0.25) is 9.59 Å². The second kappa shape index (κ2) is 6.74. The summed E-state index contributed by atoms with van der Waals surface area (Å²) in [5, 5.41) is 19.7. The molecule has 0 saturated carbocycles. The first-order valence-electron chi connectivity index (χ1n) is 6.13. The van der Waals surface area contributed by atoms with E-state index in [-0.39, 0.29) is 25.9 Å². The number of alkyl halides is 3. The van der Waals surface area contributed by atoms with E-state index in [1.807, 2.05) is 0 Å². The number of likely N-dealkylation sites (tertiary alicyclic amines) is 1. The molecular weight excluding hydrogens is 297 g/mol. The molecule has 0 aliphatic carbocycles. The SMILES string of the molecule is O=C(O)C(O)CCNC(=O)C1CC(=O)N(CC(F)(F)F)C1. The van der Waals surface area contributed by atoms with Crippen molar-refractivity contribution in [3.63, 3.8) is 0 Å². The van der Waals surface area contributed by atoms with Crippen molar-refractivity contribution in [3.8, 4) is 0 Å². The van der Waals surface area contributed by atoms with Gasteiger partial charge in [0, 0.05) is 25.9 Å². The van der Waals surface area contributed by atoms with Crippen LogP contribution in [0.3, 0.4) is 0 Å². The monoisotopic (exact) mass is 312 g/mol. The summed E-state index contributed by atoms with van der Waals surface area (Å²) in [5.41, 5.74) is 0. The Hall–Kier alpha value is -1.84. The highest BCUT2D eigenvalue weighted by Gasteiger charge is 2.40. The van der Waals surface area contributed by atoms with Gasteiger partial charge in [0.15, 0.2) is 6.10 Å². The summed E-state index contributed by atoms with van der Waals surface area (Å²) in [6.45, 7) is -1.87. The summed E-state index contributed by atoms with van der Waals surface area (Å²) >= 11 is 0. The van der Waals surface area contributed by atoms with E-state index < -0.39 is 42.5 Å². The quantitative estimate of drug-likeness (QED) is 0.604. The lowest BCUT2D eigenvalue weighted by Gasteiger charge is -2.18. The standard InChI is InChI=1S/C11H15F3N2O5/c12-11(13,14)5-16-4-6(3-8(16)18)9(19)15-2-1-7(17)10(20)21/h6-7,17H,1-5H2,(H,15,19)(H,20,21). The molecule has 0 aromatic heterocycles. The summed E-state index contributed by atoms with van der Waals surface area (Å²) in [7, 11) is 0.